The lowest BCUT2D eigenvalue weighted by atomic mass is 10.2. The fourth-order valence-electron chi connectivity index (χ4n) is 2.38. The van der Waals surface area contributed by atoms with Gasteiger partial charge < -0.3 is 5.32 Å². The average Bonchev–Trinajstić information content (AvgIpc) is 2.69. The van der Waals surface area contributed by atoms with Crippen molar-refractivity contribution in [2.24, 2.45) is 0 Å². The van der Waals surface area contributed by atoms with Gasteiger partial charge in [-0.05, 0) is 29.7 Å². The van der Waals surface area contributed by atoms with Crippen LogP contribution in [-0.2, 0) is 11.2 Å². The minimum absolute atomic E-state index is 0.160. The largest absolute Gasteiger partial charge is 0.352 e. The lowest BCUT2D eigenvalue weighted by molar-refractivity contribution is -0.116. The highest BCUT2D eigenvalue weighted by Gasteiger charge is 2.02. The zero-order chi connectivity index (χ0) is 18.2. The number of rotatable bonds is 6. The van der Waals surface area contributed by atoms with Gasteiger partial charge in [0, 0.05) is 35.6 Å². The van der Waals surface area contributed by atoms with E-state index in [1.165, 1.54) is 6.08 Å². The molecule has 2 aromatic carbocycles. The standard InChI is InChI=1S/C21H18ClN3O/c22-19-9-5-4-6-17(19)10-11-20(26)23-13-12-16-14-24-21(25-15-16)18-7-2-1-3-8-18/h1-11,14-15H,12-13H2,(H,23,26)/b11-10+. The number of nitrogens with one attached hydrogen (secondary N) is 1. The third-order valence-electron chi connectivity index (χ3n) is 3.77. The van der Waals surface area contributed by atoms with Gasteiger partial charge in [0.15, 0.2) is 5.82 Å². The normalized spacial score (nSPS) is 10.8. The third kappa shape index (κ3) is 5.01. The number of halogens is 1. The molecule has 0 atom stereocenters. The van der Waals surface area contributed by atoms with Gasteiger partial charge in [0.25, 0.3) is 0 Å². The quantitative estimate of drug-likeness (QED) is 0.669. The Morgan fingerprint density at radius 1 is 1.00 bits per heavy atom. The summed E-state index contributed by atoms with van der Waals surface area (Å²) in [7, 11) is 0. The Kier molecular flexibility index (Phi) is 6.12. The van der Waals surface area contributed by atoms with Crippen LogP contribution >= 0.6 is 11.6 Å². The second-order valence-corrected chi connectivity index (χ2v) is 6.08. The maximum absolute atomic E-state index is 11.9. The molecule has 1 aromatic heterocycles. The van der Waals surface area contributed by atoms with Crippen LogP contribution in [0.25, 0.3) is 17.5 Å². The molecule has 0 saturated heterocycles. The molecule has 1 amide bonds. The molecule has 26 heavy (non-hydrogen) atoms. The first kappa shape index (κ1) is 17.8. The van der Waals surface area contributed by atoms with Gasteiger partial charge >= 0.3 is 0 Å². The van der Waals surface area contributed by atoms with Crippen LogP contribution in [0.4, 0.5) is 0 Å². The van der Waals surface area contributed by atoms with E-state index >= 15 is 0 Å². The van der Waals surface area contributed by atoms with E-state index in [2.05, 4.69) is 15.3 Å². The van der Waals surface area contributed by atoms with Crippen molar-refractivity contribution in [3.05, 3.63) is 89.2 Å². The Hall–Kier alpha value is -2.98. The van der Waals surface area contributed by atoms with Crippen molar-refractivity contribution in [3.8, 4) is 11.4 Å². The van der Waals surface area contributed by atoms with Crippen LogP contribution in [0, 0.1) is 0 Å². The molecule has 0 bridgehead atoms. The summed E-state index contributed by atoms with van der Waals surface area (Å²) in [5.74, 6) is 0.535. The molecule has 4 nitrogen and oxygen atoms in total. The van der Waals surface area contributed by atoms with E-state index in [9.17, 15) is 4.79 Å². The van der Waals surface area contributed by atoms with E-state index in [1.54, 1.807) is 24.5 Å². The fourth-order valence-corrected chi connectivity index (χ4v) is 2.58. The number of hydrogen-bond acceptors (Lipinski definition) is 3. The molecule has 3 rings (SSSR count). The first-order chi connectivity index (χ1) is 12.7. The number of benzene rings is 2. The van der Waals surface area contributed by atoms with Gasteiger partial charge in [-0.2, -0.15) is 0 Å². The third-order valence-corrected chi connectivity index (χ3v) is 4.11. The van der Waals surface area contributed by atoms with Gasteiger partial charge in [0.2, 0.25) is 5.91 Å². The molecule has 1 heterocycles. The van der Waals surface area contributed by atoms with Crippen molar-refractivity contribution in [1.82, 2.24) is 15.3 Å². The first-order valence-corrected chi connectivity index (χ1v) is 8.67. The van der Waals surface area contributed by atoms with Gasteiger partial charge in [-0.25, -0.2) is 9.97 Å². The van der Waals surface area contributed by atoms with Crippen LogP contribution in [0.2, 0.25) is 5.02 Å². The van der Waals surface area contributed by atoms with Crippen LogP contribution < -0.4 is 5.32 Å². The van der Waals surface area contributed by atoms with Gasteiger partial charge in [-0.3, -0.25) is 4.79 Å². The van der Waals surface area contributed by atoms with Crippen molar-refractivity contribution in [3.63, 3.8) is 0 Å². The molecule has 130 valence electrons. The predicted octanol–water partition coefficient (Wildman–Crippen LogP) is 4.17. The Morgan fingerprint density at radius 3 is 2.42 bits per heavy atom. The maximum atomic E-state index is 11.9. The lowest BCUT2D eigenvalue weighted by Crippen LogP contribution is -2.23. The number of carbonyl (C=O) groups is 1. The van der Waals surface area contributed by atoms with E-state index in [0.29, 0.717) is 23.8 Å². The number of amides is 1. The predicted molar refractivity (Wildman–Crippen MR) is 105 cm³/mol. The van der Waals surface area contributed by atoms with Crippen molar-refractivity contribution in [2.45, 2.75) is 6.42 Å². The summed E-state index contributed by atoms with van der Waals surface area (Å²) in [6, 6.07) is 17.2. The molecule has 5 heteroatoms. The summed E-state index contributed by atoms with van der Waals surface area (Å²) in [5, 5.41) is 3.46. The molecule has 0 saturated carbocycles. The Bertz CT molecular complexity index is 893. The molecule has 1 N–H and O–H groups in total. The zero-order valence-corrected chi connectivity index (χ0v) is 14.9. The van der Waals surface area contributed by atoms with Crippen LogP contribution in [0.1, 0.15) is 11.1 Å². The highest BCUT2D eigenvalue weighted by molar-refractivity contribution is 6.32. The monoisotopic (exact) mass is 363 g/mol. The van der Waals surface area contributed by atoms with E-state index in [-0.39, 0.29) is 5.91 Å². The summed E-state index contributed by atoms with van der Waals surface area (Å²) < 4.78 is 0. The summed E-state index contributed by atoms with van der Waals surface area (Å²) in [6.07, 6.45) is 7.44. The smallest absolute Gasteiger partial charge is 0.244 e. The maximum Gasteiger partial charge on any atom is 0.244 e. The van der Waals surface area contributed by atoms with Gasteiger partial charge in [0.05, 0.1) is 0 Å². The number of carbonyl (C=O) groups excluding carboxylic acids is 1. The van der Waals surface area contributed by atoms with E-state index in [1.807, 2.05) is 48.5 Å². The van der Waals surface area contributed by atoms with E-state index in [4.69, 9.17) is 11.6 Å². The summed E-state index contributed by atoms with van der Waals surface area (Å²) >= 11 is 6.05. The van der Waals surface area contributed by atoms with Crippen LogP contribution in [0.3, 0.4) is 0 Å². The molecule has 3 aromatic rings. The Morgan fingerprint density at radius 2 is 1.69 bits per heavy atom. The average molecular weight is 364 g/mol. The molecule has 0 fully saturated rings. The lowest BCUT2D eigenvalue weighted by Gasteiger charge is -2.04. The van der Waals surface area contributed by atoms with Gasteiger partial charge in [0.1, 0.15) is 0 Å². The topological polar surface area (TPSA) is 54.9 Å². The summed E-state index contributed by atoms with van der Waals surface area (Å²) in [5.41, 5.74) is 2.77. The first-order valence-electron chi connectivity index (χ1n) is 8.29. The molecule has 0 aliphatic carbocycles. The minimum Gasteiger partial charge on any atom is -0.352 e. The van der Waals surface area contributed by atoms with E-state index < -0.39 is 0 Å². The Balaban J connectivity index is 1.49. The van der Waals surface area contributed by atoms with Gasteiger partial charge in [-0.1, -0.05) is 60.1 Å². The van der Waals surface area contributed by atoms with E-state index in [0.717, 1.165) is 16.7 Å². The molecule has 0 radical (unpaired) electrons. The van der Waals surface area contributed by atoms with Crippen LogP contribution in [0.15, 0.2) is 73.1 Å². The number of hydrogen-bond donors (Lipinski definition) is 1. The molecular weight excluding hydrogens is 346 g/mol. The summed E-state index contributed by atoms with van der Waals surface area (Å²) in [4.78, 5) is 20.6. The second kappa shape index (κ2) is 8.92. The molecule has 0 aliphatic rings. The molecule has 0 spiro atoms. The fraction of sp³-hybridized carbons (Fsp3) is 0.0952. The van der Waals surface area contributed by atoms with Crippen LogP contribution in [0.5, 0.6) is 0 Å². The van der Waals surface area contributed by atoms with Crippen molar-refractivity contribution >= 4 is 23.6 Å². The highest BCUT2D eigenvalue weighted by atomic mass is 35.5. The SMILES string of the molecule is O=C(/C=C/c1ccccc1Cl)NCCc1cnc(-c2ccccc2)nc1. The van der Waals surface area contributed by atoms with Crippen molar-refractivity contribution in [2.75, 3.05) is 6.54 Å². The Labute approximate surface area is 157 Å². The number of nitrogens with zero attached hydrogens (tertiary/aromatic N) is 2. The second-order valence-electron chi connectivity index (χ2n) is 5.68. The van der Waals surface area contributed by atoms with Crippen molar-refractivity contribution in [1.29, 1.82) is 0 Å². The molecule has 0 aliphatic heterocycles. The minimum atomic E-state index is -0.160. The number of aromatic nitrogens is 2. The highest BCUT2D eigenvalue weighted by Crippen LogP contribution is 2.16. The van der Waals surface area contributed by atoms with Crippen molar-refractivity contribution < 1.29 is 4.79 Å². The van der Waals surface area contributed by atoms with Crippen LogP contribution in [-0.4, -0.2) is 22.4 Å². The zero-order valence-electron chi connectivity index (χ0n) is 14.1. The summed E-state index contributed by atoms with van der Waals surface area (Å²) in [6.45, 7) is 0.514. The molecule has 0 unspecified atom stereocenters. The molecular formula is C21H18ClN3O. The van der Waals surface area contributed by atoms with Gasteiger partial charge in [-0.15, -0.1) is 0 Å².